The molecular weight excluding hydrogens is 190 g/mol. The van der Waals surface area contributed by atoms with Gasteiger partial charge in [-0.3, -0.25) is 0 Å². The van der Waals surface area contributed by atoms with Gasteiger partial charge in [0.15, 0.2) is 0 Å². The number of nitrogens with two attached hydrogens (primary N) is 1. The van der Waals surface area contributed by atoms with Crippen LogP contribution in [-0.4, -0.2) is 0 Å². The third kappa shape index (κ3) is 1.65. The lowest BCUT2D eigenvalue weighted by Gasteiger charge is -2.28. The second-order valence-electron chi connectivity index (χ2n) is 3.54. The van der Waals surface area contributed by atoms with Crippen LogP contribution in [-0.2, 0) is 5.54 Å². The molecule has 3 heteroatoms. The van der Waals surface area contributed by atoms with Crippen molar-refractivity contribution in [2.24, 2.45) is 11.7 Å². The first-order chi connectivity index (χ1) is 5.46. The molecule has 0 fully saturated rings. The van der Waals surface area contributed by atoms with E-state index in [1.807, 2.05) is 18.4 Å². The maximum Gasteiger partial charge on any atom is 0.0564 e. The lowest BCUT2D eigenvalue weighted by atomic mass is 9.88. The van der Waals surface area contributed by atoms with Crippen LogP contribution in [0.15, 0.2) is 11.4 Å². The van der Waals surface area contributed by atoms with E-state index in [9.17, 15) is 0 Å². The second kappa shape index (κ2) is 3.36. The number of rotatable bonds is 2. The van der Waals surface area contributed by atoms with E-state index in [2.05, 4.69) is 13.8 Å². The van der Waals surface area contributed by atoms with Gasteiger partial charge in [0.2, 0.25) is 0 Å². The van der Waals surface area contributed by atoms with Crippen molar-refractivity contribution in [3.8, 4) is 0 Å². The zero-order valence-corrected chi connectivity index (χ0v) is 9.17. The highest BCUT2D eigenvalue weighted by Gasteiger charge is 2.28. The van der Waals surface area contributed by atoms with Crippen molar-refractivity contribution in [3.63, 3.8) is 0 Å². The van der Waals surface area contributed by atoms with Crippen molar-refractivity contribution in [3.05, 3.63) is 21.3 Å². The highest BCUT2D eigenvalue weighted by Crippen LogP contribution is 2.35. The Balaban J connectivity index is 3.05. The monoisotopic (exact) mass is 203 g/mol. The highest BCUT2D eigenvalue weighted by molar-refractivity contribution is 7.10. The van der Waals surface area contributed by atoms with Gasteiger partial charge in [0, 0.05) is 4.88 Å². The van der Waals surface area contributed by atoms with Gasteiger partial charge in [-0.2, -0.15) is 0 Å². The molecule has 0 aliphatic rings. The van der Waals surface area contributed by atoms with E-state index in [1.165, 1.54) is 0 Å². The molecule has 2 N–H and O–H groups in total. The molecule has 12 heavy (non-hydrogen) atoms. The lowest BCUT2D eigenvalue weighted by molar-refractivity contribution is 0.357. The maximum atomic E-state index is 6.15. The predicted molar refractivity (Wildman–Crippen MR) is 55.7 cm³/mol. The average molecular weight is 204 g/mol. The predicted octanol–water partition coefficient (Wildman–Crippen LogP) is 3.23. The molecule has 1 aromatic rings. The Morgan fingerprint density at radius 2 is 2.17 bits per heavy atom. The summed E-state index contributed by atoms with van der Waals surface area (Å²) in [6.45, 7) is 6.24. The quantitative estimate of drug-likeness (QED) is 0.785. The molecule has 1 nitrogen and oxygen atoms in total. The van der Waals surface area contributed by atoms with E-state index in [1.54, 1.807) is 11.3 Å². The van der Waals surface area contributed by atoms with E-state index in [-0.39, 0.29) is 5.54 Å². The Kier molecular flexibility index (Phi) is 2.81. The zero-order valence-electron chi connectivity index (χ0n) is 7.60. The fourth-order valence-corrected chi connectivity index (χ4v) is 2.43. The maximum absolute atomic E-state index is 6.15. The van der Waals surface area contributed by atoms with Crippen LogP contribution in [0.2, 0.25) is 5.02 Å². The average Bonchev–Trinajstić information content (AvgIpc) is 2.35. The number of thiophene rings is 1. The van der Waals surface area contributed by atoms with Crippen molar-refractivity contribution in [2.75, 3.05) is 0 Å². The summed E-state index contributed by atoms with van der Waals surface area (Å²) < 4.78 is 0. The molecule has 0 aliphatic carbocycles. The van der Waals surface area contributed by atoms with E-state index in [0.717, 1.165) is 9.90 Å². The van der Waals surface area contributed by atoms with Crippen LogP contribution in [0.25, 0.3) is 0 Å². The van der Waals surface area contributed by atoms with Gasteiger partial charge in [-0.1, -0.05) is 25.4 Å². The number of hydrogen-bond donors (Lipinski definition) is 1. The minimum Gasteiger partial charge on any atom is -0.321 e. The van der Waals surface area contributed by atoms with E-state index < -0.39 is 0 Å². The molecule has 0 amide bonds. The molecule has 1 atom stereocenters. The minimum absolute atomic E-state index is 0.300. The van der Waals surface area contributed by atoms with Crippen LogP contribution in [0, 0.1) is 5.92 Å². The second-order valence-corrected chi connectivity index (χ2v) is 4.86. The van der Waals surface area contributed by atoms with Gasteiger partial charge < -0.3 is 5.73 Å². The summed E-state index contributed by atoms with van der Waals surface area (Å²) in [5.41, 5.74) is 5.85. The molecule has 0 aromatic carbocycles. The fraction of sp³-hybridized carbons (Fsp3) is 0.556. The normalized spacial score (nSPS) is 16.5. The molecule has 1 heterocycles. The van der Waals surface area contributed by atoms with Crippen molar-refractivity contribution in [2.45, 2.75) is 26.3 Å². The van der Waals surface area contributed by atoms with Crippen molar-refractivity contribution < 1.29 is 0 Å². The molecule has 0 aliphatic heterocycles. The summed E-state index contributed by atoms with van der Waals surface area (Å²) in [5, 5.41) is 2.77. The summed E-state index contributed by atoms with van der Waals surface area (Å²) in [6.07, 6.45) is 0. The van der Waals surface area contributed by atoms with Crippen LogP contribution < -0.4 is 5.73 Å². The topological polar surface area (TPSA) is 26.0 Å². The van der Waals surface area contributed by atoms with Gasteiger partial charge in [0.05, 0.1) is 10.6 Å². The molecule has 1 rings (SSSR count). The Morgan fingerprint density at radius 1 is 1.58 bits per heavy atom. The first-order valence-electron chi connectivity index (χ1n) is 3.98. The first kappa shape index (κ1) is 10.0. The standard InChI is InChI=1S/C9H14ClNS/c1-6(2)9(3,11)8-7(10)4-5-12-8/h4-6H,11H2,1-3H3. The molecule has 1 aromatic heterocycles. The van der Waals surface area contributed by atoms with Gasteiger partial charge in [-0.05, 0) is 24.3 Å². The van der Waals surface area contributed by atoms with Crippen LogP contribution >= 0.6 is 22.9 Å². The van der Waals surface area contributed by atoms with Gasteiger partial charge in [-0.25, -0.2) is 0 Å². The fourth-order valence-electron chi connectivity index (χ4n) is 0.940. The molecule has 0 bridgehead atoms. The molecule has 0 spiro atoms. The Hall–Kier alpha value is -0.0500. The van der Waals surface area contributed by atoms with Gasteiger partial charge in [0.1, 0.15) is 0 Å². The molecular formula is C9H14ClNS. The van der Waals surface area contributed by atoms with Crippen LogP contribution in [0.3, 0.4) is 0 Å². The summed E-state index contributed by atoms with van der Waals surface area (Å²) >= 11 is 7.63. The van der Waals surface area contributed by atoms with Crippen LogP contribution in [0.4, 0.5) is 0 Å². The van der Waals surface area contributed by atoms with Gasteiger partial charge in [0.25, 0.3) is 0 Å². The van der Waals surface area contributed by atoms with Crippen LogP contribution in [0.5, 0.6) is 0 Å². The Labute approximate surface area is 82.5 Å². The van der Waals surface area contributed by atoms with Crippen LogP contribution in [0.1, 0.15) is 25.6 Å². The molecule has 1 unspecified atom stereocenters. The third-order valence-electron chi connectivity index (χ3n) is 2.31. The summed E-state index contributed by atoms with van der Waals surface area (Å²) in [5.74, 6) is 0.397. The molecule has 0 saturated carbocycles. The lowest BCUT2D eigenvalue weighted by Crippen LogP contribution is -2.37. The van der Waals surface area contributed by atoms with E-state index in [4.69, 9.17) is 17.3 Å². The van der Waals surface area contributed by atoms with Crippen molar-refractivity contribution in [1.29, 1.82) is 0 Å². The summed E-state index contributed by atoms with van der Waals surface area (Å²) in [7, 11) is 0. The Morgan fingerprint density at radius 3 is 2.50 bits per heavy atom. The largest absolute Gasteiger partial charge is 0.321 e. The molecule has 0 radical (unpaired) electrons. The number of halogens is 1. The first-order valence-corrected chi connectivity index (χ1v) is 5.24. The Bertz CT molecular complexity index is 265. The SMILES string of the molecule is CC(C)C(C)(N)c1sccc1Cl. The van der Waals surface area contributed by atoms with E-state index >= 15 is 0 Å². The third-order valence-corrected chi connectivity index (χ3v) is 3.90. The van der Waals surface area contributed by atoms with Crippen molar-refractivity contribution in [1.82, 2.24) is 0 Å². The highest BCUT2D eigenvalue weighted by atomic mass is 35.5. The van der Waals surface area contributed by atoms with Gasteiger partial charge >= 0.3 is 0 Å². The summed E-state index contributed by atoms with van der Waals surface area (Å²) in [4.78, 5) is 1.08. The van der Waals surface area contributed by atoms with Crippen molar-refractivity contribution >= 4 is 22.9 Å². The number of hydrogen-bond acceptors (Lipinski definition) is 2. The minimum atomic E-state index is -0.300. The van der Waals surface area contributed by atoms with Gasteiger partial charge in [-0.15, -0.1) is 11.3 Å². The molecule has 0 saturated heterocycles. The zero-order chi connectivity index (χ0) is 9.35. The summed E-state index contributed by atoms with van der Waals surface area (Å²) in [6, 6.07) is 1.90. The molecule has 68 valence electrons. The smallest absolute Gasteiger partial charge is 0.0564 e. The van der Waals surface area contributed by atoms with E-state index in [0.29, 0.717) is 5.92 Å².